The van der Waals surface area contributed by atoms with E-state index in [-0.39, 0.29) is 12.6 Å². The quantitative estimate of drug-likeness (QED) is 0.897. The van der Waals surface area contributed by atoms with Crippen molar-refractivity contribution in [1.29, 1.82) is 0 Å². The van der Waals surface area contributed by atoms with Gasteiger partial charge in [0.25, 0.3) is 0 Å². The van der Waals surface area contributed by atoms with Crippen LogP contribution in [0.4, 0.5) is 0 Å². The number of aliphatic hydroxyl groups is 1. The summed E-state index contributed by atoms with van der Waals surface area (Å²) in [6, 6.07) is 10.3. The van der Waals surface area contributed by atoms with Crippen molar-refractivity contribution in [2.45, 2.75) is 31.8 Å². The first kappa shape index (κ1) is 13.3. The number of aliphatic hydroxyl groups excluding tert-OH is 1. The third kappa shape index (κ3) is 3.05. The van der Waals surface area contributed by atoms with Crippen molar-refractivity contribution in [2.24, 2.45) is 0 Å². The summed E-state index contributed by atoms with van der Waals surface area (Å²) >= 11 is 0. The fraction of sp³-hybridized carbons (Fsp3) is 0.467. The van der Waals surface area contributed by atoms with Crippen molar-refractivity contribution >= 4 is 0 Å². The van der Waals surface area contributed by atoms with Crippen LogP contribution in [0.3, 0.4) is 0 Å². The van der Waals surface area contributed by atoms with Crippen LogP contribution in [0.15, 0.2) is 34.9 Å². The lowest BCUT2D eigenvalue weighted by Gasteiger charge is -2.20. The summed E-state index contributed by atoms with van der Waals surface area (Å²) in [6.45, 7) is 1.85. The molecule has 0 bridgehead atoms. The molecule has 1 saturated heterocycles. The van der Waals surface area contributed by atoms with Crippen LogP contribution in [0.1, 0.15) is 30.1 Å². The van der Waals surface area contributed by atoms with E-state index in [0.717, 1.165) is 24.9 Å². The van der Waals surface area contributed by atoms with E-state index >= 15 is 0 Å². The lowest BCUT2D eigenvalue weighted by Crippen LogP contribution is -2.31. The lowest BCUT2D eigenvalue weighted by atomic mass is 10.1. The van der Waals surface area contributed by atoms with Gasteiger partial charge in [-0.3, -0.25) is 4.90 Å². The van der Waals surface area contributed by atoms with Crippen molar-refractivity contribution < 1.29 is 9.63 Å². The van der Waals surface area contributed by atoms with E-state index in [1.165, 1.54) is 0 Å². The second-order valence-corrected chi connectivity index (χ2v) is 5.22. The van der Waals surface area contributed by atoms with Gasteiger partial charge < -0.3 is 9.63 Å². The molecular formula is C15H19N3O2. The number of aromatic nitrogens is 2. The van der Waals surface area contributed by atoms with Crippen LogP contribution >= 0.6 is 0 Å². The SMILES string of the molecule is OC[C@@H]1CCCN1Cc1noc(Cc2ccccc2)n1. The Hall–Kier alpha value is -1.72. The maximum Gasteiger partial charge on any atom is 0.231 e. The molecule has 1 N–H and O–H groups in total. The van der Waals surface area contributed by atoms with E-state index in [2.05, 4.69) is 15.0 Å². The maximum atomic E-state index is 9.31. The van der Waals surface area contributed by atoms with Gasteiger partial charge in [-0.2, -0.15) is 4.98 Å². The van der Waals surface area contributed by atoms with E-state index in [1.54, 1.807) is 0 Å². The summed E-state index contributed by atoms with van der Waals surface area (Å²) in [5.74, 6) is 1.35. The highest BCUT2D eigenvalue weighted by atomic mass is 16.5. The average Bonchev–Trinajstić information content (AvgIpc) is 3.10. The molecule has 1 fully saturated rings. The summed E-state index contributed by atoms with van der Waals surface area (Å²) in [5.41, 5.74) is 1.16. The smallest absolute Gasteiger partial charge is 0.231 e. The summed E-state index contributed by atoms with van der Waals surface area (Å²) < 4.78 is 5.30. The van der Waals surface area contributed by atoms with Crippen molar-refractivity contribution in [3.63, 3.8) is 0 Å². The Kier molecular flexibility index (Phi) is 4.08. The molecule has 1 atom stereocenters. The third-order valence-corrected chi connectivity index (χ3v) is 3.76. The summed E-state index contributed by atoms with van der Waals surface area (Å²) in [4.78, 5) is 6.66. The van der Waals surface area contributed by atoms with Crippen LogP contribution in [-0.4, -0.2) is 39.3 Å². The Balaban J connectivity index is 1.62. The molecule has 106 valence electrons. The third-order valence-electron chi connectivity index (χ3n) is 3.76. The Morgan fingerprint density at radius 3 is 2.95 bits per heavy atom. The van der Waals surface area contributed by atoms with Gasteiger partial charge >= 0.3 is 0 Å². The van der Waals surface area contributed by atoms with Gasteiger partial charge in [0.1, 0.15) is 0 Å². The van der Waals surface area contributed by atoms with Crippen LogP contribution in [0.5, 0.6) is 0 Å². The zero-order valence-corrected chi connectivity index (χ0v) is 11.4. The Morgan fingerprint density at radius 1 is 1.30 bits per heavy atom. The first-order chi connectivity index (χ1) is 9.85. The highest BCUT2D eigenvalue weighted by molar-refractivity contribution is 5.17. The molecule has 1 aliphatic rings. The van der Waals surface area contributed by atoms with E-state index in [9.17, 15) is 5.11 Å². The molecule has 2 heterocycles. The van der Waals surface area contributed by atoms with E-state index in [4.69, 9.17) is 4.52 Å². The van der Waals surface area contributed by atoms with E-state index < -0.39 is 0 Å². The summed E-state index contributed by atoms with van der Waals surface area (Å²) in [6.07, 6.45) is 2.84. The van der Waals surface area contributed by atoms with E-state index in [1.807, 2.05) is 30.3 Å². The number of nitrogens with zero attached hydrogens (tertiary/aromatic N) is 3. The molecule has 0 unspecified atom stereocenters. The average molecular weight is 273 g/mol. The van der Waals surface area contributed by atoms with Crippen LogP contribution in [0.25, 0.3) is 0 Å². The van der Waals surface area contributed by atoms with Crippen molar-refractivity contribution in [2.75, 3.05) is 13.2 Å². The number of likely N-dealkylation sites (tertiary alicyclic amines) is 1. The molecule has 2 aromatic rings. The van der Waals surface area contributed by atoms with Crippen LogP contribution < -0.4 is 0 Å². The molecule has 20 heavy (non-hydrogen) atoms. The molecule has 1 aromatic carbocycles. The number of benzene rings is 1. The van der Waals surface area contributed by atoms with Gasteiger partial charge in [-0.05, 0) is 24.9 Å². The van der Waals surface area contributed by atoms with Crippen LogP contribution in [-0.2, 0) is 13.0 Å². The normalized spacial score (nSPS) is 19.6. The molecule has 0 spiro atoms. The van der Waals surface area contributed by atoms with Gasteiger partial charge in [0.15, 0.2) is 5.82 Å². The maximum absolute atomic E-state index is 9.31. The lowest BCUT2D eigenvalue weighted by molar-refractivity contribution is 0.150. The first-order valence-electron chi connectivity index (χ1n) is 7.05. The van der Waals surface area contributed by atoms with Gasteiger partial charge in [0.2, 0.25) is 5.89 Å². The molecule has 0 radical (unpaired) electrons. The molecular weight excluding hydrogens is 254 g/mol. The Morgan fingerprint density at radius 2 is 2.15 bits per heavy atom. The second-order valence-electron chi connectivity index (χ2n) is 5.22. The predicted molar refractivity (Wildman–Crippen MR) is 74.1 cm³/mol. The predicted octanol–water partition coefficient (Wildman–Crippen LogP) is 1.62. The van der Waals surface area contributed by atoms with Gasteiger partial charge in [-0.15, -0.1) is 0 Å². The molecule has 1 aromatic heterocycles. The van der Waals surface area contributed by atoms with Crippen molar-refractivity contribution in [1.82, 2.24) is 15.0 Å². The minimum Gasteiger partial charge on any atom is -0.395 e. The van der Waals surface area contributed by atoms with Crippen molar-refractivity contribution in [3.05, 3.63) is 47.6 Å². The number of rotatable bonds is 5. The zero-order chi connectivity index (χ0) is 13.8. The molecule has 5 heteroatoms. The molecule has 1 aliphatic heterocycles. The topological polar surface area (TPSA) is 62.4 Å². The first-order valence-corrected chi connectivity index (χ1v) is 7.05. The minimum absolute atomic E-state index is 0.203. The largest absolute Gasteiger partial charge is 0.395 e. The fourth-order valence-electron chi connectivity index (χ4n) is 2.69. The highest BCUT2D eigenvalue weighted by Crippen LogP contribution is 2.18. The summed E-state index contributed by atoms with van der Waals surface area (Å²) in [5, 5.41) is 13.3. The molecule has 0 amide bonds. The monoisotopic (exact) mass is 273 g/mol. The molecule has 0 saturated carbocycles. The van der Waals surface area contributed by atoms with Crippen LogP contribution in [0, 0.1) is 0 Å². The molecule has 0 aliphatic carbocycles. The zero-order valence-electron chi connectivity index (χ0n) is 11.4. The van der Waals surface area contributed by atoms with Gasteiger partial charge in [0.05, 0.1) is 19.6 Å². The standard InChI is InChI=1S/C15H19N3O2/c19-11-13-7-4-8-18(13)10-14-16-15(20-17-14)9-12-5-2-1-3-6-12/h1-3,5-6,13,19H,4,7-11H2/t13-/m0/s1. The Labute approximate surface area is 118 Å². The van der Waals surface area contributed by atoms with Gasteiger partial charge in [-0.25, -0.2) is 0 Å². The van der Waals surface area contributed by atoms with Crippen molar-refractivity contribution in [3.8, 4) is 0 Å². The Bertz CT molecular complexity index is 541. The van der Waals surface area contributed by atoms with E-state index in [0.29, 0.717) is 24.7 Å². The molecule has 5 nitrogen and oxygen atoms in total. The second kappa shape index (κ2) is 6.15. The van der Waals surface area contributed by atoms with Gasteiger partial charge in [-0.1, -0.05) is 35.5 Å². The van der Waals surface area contributed by atoms with Gasteiger partial charge in [0, 0.05) is 6.04 Å². The minimum atomic E-state index is 0.203. The number of hydrogen-bond acceptors (Lipinski definition) is 5. The molecule has 3 rings (SSSR count). The highest BCUT2D eigenvalue weighted by Gasteiger charge is 2.25. The van der Waals surface area contributed by atoms with Crippen LogP contribution in [0.2, 0.25) is 0 Å². The summed E-state index contributed by atoms with van der Waals surface area (Å²) in [7, 11) is 0. The fourth-order valence-corrected chi connectivity index (χ4v) is 2.69. The number of hydrogen-bond donors (Lipinski definition) is 1.